The molecule has 104 valence electrons. The molecule has 3 heteroatoms. The molecule has 0 saturated carbocycles. The van der Waals surface area contributed by atoms with Crippen molar-refractivity contribution in [3.05, 3.63) is 29.8 Å². The van der Waals surface area contributed by atoms with Crippen LogP contribution in [0, 0.1) is 0 Å². The summed E-state index contributed by atoms with van der Waals surface area (Å²) in [5, 5.41) is 3.38. The number of fused-ring (bicyclic) bond motifs is 1. The lowest BCUT2D eigenvalue weighted by Gasteiger charge is -2.27. The summed E-state index contributed by atoms with van der Waals surface area (Å²) >= 11 is 0. The van der Waals surface area contributed by atoms with Gasteiger partial charge in [-0.15, -0.1) is 0 Å². The van der Waals surface area contributed by atoms with Gasteiger partial charge in [0.15, 0.2) is 0 Å². The summed E-state index contributed by atoms with van der Waals surface area (Å²) in [4.78, 5) is 14.4. The predicted molar refractivity (Wildman–Crippen MR) is 79.4 cm³/mol. The van der Waals surface area contributed by atoms with E-state index in [2.05, 4.69) is 44.3 Å². The summed E-state index contributed by atoms with van der Waals surface area (Å²) < 4.78 is 0. The lowest BCUT2D eigenvalue weighted by molar-refractivity contribution is -0.133. The highest BCUT2D eigenvalue weighted by Gasteiger charge is 2.26. The second-order valence-corrected chi connectivity index (χ2v) is 5.55. The van der Waals surface area contributed by atoms with Crippen molar-refractivity contribution in [1.82, 2.24) is 4.90 Å². The first kappa shape index (κ1) is 13.9. The molecule has 2 rings (SSSR count). The maximum absolute atomic E-state index is 12.4. The smallest absolute Gasteiger partial charge is 0.223 e. The van der Waals surface area contributed by atoms with Crippen molar-refractivity contribution in [1.29, 1.82) is 0 Å². The van der Waals surface area contributed by atoms with Crippen LogP contribution >= 0.6 is 0 Å². The number of hydrogen-bond acceptors (Lipinski definition) is 2. The molecule has 1 N–H and O–H groups in total. The highest BCUT2D eigenvalue weighted by Crippen LogP contribution is 2.33. The van der Waals surface area contributed by atoms with Crippen LogP contribution in [0.15, 0.2) is 24.3 Å². The van der Waals surface area contributed by atoms with E-state index < -0.39 is 0 Å². The molecule has 0 saturated heterocycles. The molecular weight excluding hydrogens is 236 g/mol. The van der Waals surface area contributed by atoms with Crippen molar-refractivity contribution in [3.63, 3.8) is 0 Å². The second-order valence-electron chi connectivity index (χ2n) is 5.55. The average Bonchev–Trinajstić information content (AvgIpc) is 2.79. The molecule has 0 radical (unpaired) electrons. The van der Waals surface area contributed by atoms with E-state index in [1.807, 2.05) is 11.0 Å². The zero-order valence-corrected chi connectivity index (χ0v) is 12.1. The van der Waals surface area contributed by atoms with E-state index in [0.717, 1.165) is 19.5 Å². The Morgan fingerprint density at radius 2 is 2.16 bits per heavy atom. The summed E-state index contributed by atoms with van der Waals surface area (Å²) in [7, 11) is 0. The van der Waals surface area contributed by atoms with E-state index >= 15 is 0 Å². The van der Waals surface area contributed by atoms with E-state index in [9.17, 15) is 4.79 Å². The number of hydrogen-bond donors (Lipinski definition) is 1. The van der Waals surface area contributed by atoms with Crippen molar-refractivity contribution in [2.75, 3.05) is 18.4 Å². The number of para-hydroxylation sites is 1. The monoisotopic (exact) mass is 260 g/mol. The van der Waals surface area contributed by atoms with Gasteiger partial charge in [-0.05, 0) is 31.9 Å². The quantitative estimate of drug-likeness (QED) is 0.881. The molecule has 1 atom stereocenters. The third-order valence-corrected chi connectivity index (χ3v) is 3.77. The number of amides is 1. The Labute approximate surface area is 116 Å². The van der Waals surface area contributed by atoms with Crippen molar-refractivity contribution in [2.45, 2.75) is 45.6 Å². The molecule has 1 aromatic carbocycles. The highest BCUT2D eigenvalue weighted by atomic mass is 16.2. The van der Waals surface area contributed by atoms with Crippen molar-refractivity contribution in [3.8, 4) is 0 Å². The second kappa shape index (κ2) is 6.09. The van der Waals surface area contributed by atoms with Gasteiger partial charge in [-0.3, -0.25) is 4.79 Å². The van der Waals surface area contributed by atoms with Crippen LogP contribution in [0.1, 0.15) is 45.1 Å². The molecule has 0 bridgehead atoms. The summed E-state index contributed by atoms with van der Waals surface area (Å²) in [6.45, 7) is 8.04. The lowest BCUT2D eigenvalue weighted by atomic mass is 9.97. The number of nitrogens with one attached hydrogen (secondary N) is 1. The number of rotatable bonds is 5. The fourth-order valence-electron chi connectivity index (χ4n) is 2.78. The normalized spacial score (nSPS) is 17.2. The topological polar surface area (TPSA) is 32.3 Å². The maximum atomic E-state index is 12.4. The van der Waals surface area contributed by atoms with Crippen molar-refractivity contribution in [2.24, 2.45) is 0 Å². The minimum absolute atomic E-state index is 0.278. The van der Waals surface area contributed by atoms with Crippen LogP contribution < -0.4 is 5.32 Å². The van der Waals surface area contributed by atoms with Crippen LogP contribution in [-0.2, 0) is 4.79 Å². The summed E-state index contributed by atoms with van der Waals surface area (Å²) in [5.74, 6) is 0.599. The highest BCUT2D eigenvalue weighted by molar-refractivity contribution is 5.78. The van der Waals surface area contributed by atoms with Gasteiger partial charge in [0.25, 0.3) is 0 Å². The molecule has 0 aromatic heterocycles. The zero-order chi connectivity index (χ0) is 13.8. The van der Waals surface area contributed by atoms with Crippen LogP contribution in [0.5, 0.6) is 0 Å². The average molecular weight is 260 g/mol. The molecular formula is C16H24N2O. The first-order valence-electron chi connectivity index (χ1n) is 7.25. The molecule has 1 aliphatic heterocycles. The van der Waals surface area contributed by atoms with Crippen LogP contribution in [-0.4, -0.2) is 29.9 Å². The molecule has 1 unspecified atom stereocenters. The molecule has 0 fully saturated rings. The minimum Gasteiger partial charge on any atom is -0.384 e. The summed E-state index contributed by atoms with van der Waals surface area (Å²) in [6, 6.07) is 8.60. The standard InChI is InChI=1S/C16H24N2O/c1-4-9-18(12(2)3)16(19)10-13-11-17-15-8-6-5-7-14(13)15/h5-8,12-13,17H,4,9-11H2,1-3H3. The van der Waals surface area contributed by atoms with E-state index in [1.54, 1.807) is 0 Å². The predicted octanol–water partition coefficient (Wildman–Crippen LogP) is 3.23. The van der Waals surface area contributed by atoms with Gasteiger partial charge in [0.05, 0.1) is 0 Å². The molecule has 0 aliphatic carbocycles. The number of nitrogens with zero attached hydrogens (tertiary/aromatic N) is 1. The van der Waals surface area contributed by atoms with Crippen LogP contribution in [0.4, 0.5) is 5.69 Å². The Morgan fingerprint density at radius 1 is 1.42 bits per heavy atom. The van der Waals surface area contributed by atoms with Gasteiger partial charge in [-0.1, -0.05) is 25.1 Å². The third kappa shape index (κ3) is 3.09. The maximum Gasteiger partial charge on any atom is 0.223 e. The van der Waals surface area contributed by atoms with Gasteiger partial charge in [0.1, 0.15) is 0 Å². The first-order chi connectivity index (χ1) is 9.13. The molecule has 0 spiro atoms. The largest absolute Gasteiger partial charge is 0.384 e. The van der Waals surface area contributed by atoms with Gasteiger partial charge < -0.3 is 10.2 Å². The molecule has 1 aliphatic rings. The number of benzene rings is 1. The first-order valence-corrected chi connectivity index (χ1v) is 7.25. The molecule has 19 heavy (non-hydrogen) atoms. The van der Waals surface area contributed by atoms with Crippen LogP contribution in [0.2, 0.25) is 0 Å². The number of anilines is 1. The number of carbonyl (C=O) groups excluding carboxylic acids is 1. The van der Waals surface area contributed by atoms with Gasteiger partial charge >= 0.3 is 0 Å². The Bertz CT molecular complexity index is 442. The van der Waals surface area contributed by atoms with Gasteiger partial charge in [0.2, 0.25) is 5.91 Å². The van der Waals surface area contributed by atoms with Gasteiger partial charge in [0, 0.05) is 37.2 Å². The fraction of sp³-hybridized carbons (Fsp3) is 0.562. The van der Waals surface area contributed by atoms with Crippen molar-refractivity contribution < 1.29 is 4.79 Å². The van der Waals surface area contributed by atoms with E-state index in [0.29, 0.717) is 12.3 Å². The molecule has 1 amide bonds. The van der Waals surface area contributed by atoms with Crippen molar-refractivity contribution >= 4 is 11.6 Å². The van der Waals surface area contributed by atoms with Crippen LogP contribution in [0.25, 0.3) is 0 Å². The van der Waals surface area contributed by atoms with E-state index in [4.69, 9.17) is 0 Å². The van der Waals surface area contributed by atoms with Gasteiger partial charge in [-0.25, -0.2) is 0 Å². The van der Waals surface area contributed by atoms with E-state index in [1.165, 1.54) is 11.3 Å². The van der Waals surface area contributed by atoms with E-state index in [-0.39, 0.29) is 11.9 Å². The lowest BCUT2D eigenvalue weighted by Crippen LogP contribution is -2.38. The summed E-state index contributed by atoms with van der Waals surface area (Å²) in [6.07, 6.45) is 1.63. The Kier molecular flexibility index (Phi) is 4.46. The van der Waals surface area contributed by atoms with Crippen LogP contribution in [0.3, 0.4) is 0 Å². The molecule has 3 nitrogen and oxygen atoms in total. The minimum atomic E-state index is 0.278. The SMILES string of the molecule is CCCN(C(=O)CC1CNc2ccccc21)C(C)C. The molecule has 1 aromatic rings. The fourth-order valence-corrected chi connectivity index (χ4v) is 2.78. The Hall–Kier alpha value is -1.51. The third-order valence-electron chi connectivity index (χ3n) is 3.77. The molecule has 1 heterocycles. The summed E-state index contributed by atoms with van der Waals surface area (Å²) in [5.41, 5.74) is 2.47. The van der Waals surface area contributed by atoms with Gasteiger partial charge in [-0.2, -0.15) is 0 Å². The number of carbonyl (C=O) groups is 1. The Morgan fingerprint density at radius 3 is 2.84 bits per heavy atom. The zero-order valence-electron chi connectivity index (χ0n) is 12.1. The Balaban J connectivity index is 2.04.